The molecule has 0 radical (unpaired) electrons. The molecule has 0 aromatic heterocycles. The molecule has 2 nitrogen and oxygen atoms in total. The summed E-state index contributed by atoms with van der Waals surface area (Å²) < 4.78 is 40.5. The number of ether oxygens (including phenoxy) is 1. The van der Waals surface area contributed by atoms with E-state index in [1.165, 1.54) is 7.11 Å². The molecule has 0 amide bonds. The van der Waals surface area contributed by atoms with Crippen LogP contribution in [0.1, 0.15) is 33.1 Å². The van der Waals surface area contributed by atoms with Crippen molar-refractivity contribution in [2.45, 2.75) is 50.9 Å². The van der Waals surface area contributed by atoms with Gasteiger partial charge >= 0.3 is 6.18 Å². The van der Waals surface area contributed by atoms with E-state index >= 15 is 0 Å². The van der Waals surface area contributed by atoms with E-state index < -0.39 is 18.2 Å². The molecule has 0 rings (SSSR count). The minimum absolute atomic E-state index is 0.0530. The van der Waals surface area contributed by atoms with E-state index in [-0.39, 0.29) is 12.5 Å². The molecule has 0 bridgehead atoms. The van der Waals surface area contributed by atoms with E-state index in [0.29, 0.717) is 6.42 Å². The van der Waals surface area contributed by atoms with Crippen molar-refractivity contribution in [1.29, 1.82) is 0 Å². The van der Waals surface area contributed by atoms with Gasteiger partial charge in [-0.25, -0.2) is 0 Å². The third-order valence-electron chi connectivity index (χ3n) is 2.39. The first kappa shape index (κ1) is 13.7. The summed E-state index contributed by atoms with van der Waals surface area (Å²) in [6, 6.07) is -0.366. The molecule has 86 valence electrons. The van der Waals surface area contributed by atoms with Crippen molar-refractivity contribution in [3.05, 3.63) is 0 Å². The second kappa shape index (κ2) is 4.98. The van der Waals surface area contributed by atoms with Crippen molar-refractivity contribution in [3.8, 4) is 0 Å². The second-order valence-electron chi connectivity index (χ2n) is 3.92. The van der Waals surface area contributed by atoms with Crippen molar-refractivity contribution in [2.75, 3.05) is 7.11 Å². The van der Waals surface area contributed by atoms with Gasteiger partial charge in [-0.3, -0.25) is 0 Å². The zero-order valence-electron chi connectivity index (χ0n) is 8.82. The Balaban J connectivity index is 3.80. The third-order valence-corrected chi connectivity index (χ3v) is 2.39. The average Bonchev–Trinajstić information content (AvgIpc) is 2.02. The van der Waals surface area contributed by atoms with Crippen LogP contribution in [0, 0.1) is 0 Å². The zero-order valence-corrected chi connectivity index (χ0v) is 8.82. The minimum atomic E-state index is -4.09. The lowest BCUT2D eigenvalue weighted by Gasteiger charge is -2.30. The Morgan fingerprint density at radius 2 is 1.79 bits per heavy atom. The number of hydrogen-bond donors (Lipinski definition) is 1. The molecule has 0 spiro atoms. The summed E-state index contributed by atoms with van der Waals surface area (Å²) in [5, 5.41) is 0. The van der Waals surface area contributed by atoms with E-state index in [0.717, 1.165) is 0 Å². The SMILES string of the molecule is COC(C)(C)C(N)CCCC(F)(F)F. The van der Waals surface area contributed by atoms with Crippen LogP contribution in [0.15, 0.2) is 0 Å². The normalized spacial score (nSPS) is 15.6. The number of nitrogens with two attached hydrogens (primary N) is 1. The molecule has 1 unspecified atom stereocenters. The van der Waals surface area contributed by atoms with Crippen molar-refractivity contribution < 1.29 is 17.9 Å². The van der Waals surface area contributed by atoms with Crippen LogP contribution in [-0.2, 0) is 4.74 Å². The fourth-order valence-electron chi connectivity index (χ4n) is 1.02. The van der Waals surface area contributed by atoms with E-state index in [9.17, 15) is 13.2 Å². The van der Waals surface area contributed by atoms with Crippen LogP contribution in [0.4, 0.5) is 13.2 Å². The highest BCUT2D eigenvalue weighted by Crippen LogP contribution is 2.24. The Morgan fingerprint density at radius 1 is 1.29 bits per heavy atom. The van der Waals surface area contributed by atoms with Crippen LogP contribution >= 0.6 is 0 Å². The summed E-state index contributed by atoms with van der Waals surface area (Å²) in [4.78, 5) is 0. The Hall–Kier alpha value is -0.290. The molecule has 0 aliphatic carbocycles. The molecule has 0 saturated carbocycles. The first-order chi connectivity index (χ1) is 6.19. The Morgan fingerprint density at radius 3 is 2.14 bits per heavy atom. The van der Waals surface area contributed by atoms with Gasteiger partial charge in [-0.1, -0.05) is 0 Å². The van der Waals surface area contributed by atoms with Gasteiger partial charge in [0.05, 0.1) is 5.60 Å². The maximum Gasteiger partial charge on any atom is 0.389 e. The van der Waals surface area contributed by atoms with Gasteiger partial charge in [0.15, 0.2) is 0 Å². The summed E-state index contributed by atoms with van der Waals surface area (Å²) in [7, 11) is 1.50. The summed E-state index contributed by atoms with van der Waals surface area (Å²) in [6.07, 6.45) is -4.49. The quantitative estimate of drug-likeness (QED) is 0.761. The van der Waals surface area contributed by atoms with Gasteiger partial charge in [0, 0.05) is 19.6 Å². The summed E-state index contributed by atoms with van der Waals surface area (Å²) >= 11 is 0. The molecule has 0 fully saturated rings. The second-order valence-corrected chi connectivity index (χ2v) is 3.92. The smallest absolute Gasteiger partial charge is 0.377 e. The molecule has 0 aliphatic heterocycles. The Labute approximate surface area is 82.6 Å². The molecule has 1 atom stereocenters. The molecule has 2 N–H and O–H groups in total. The van der Waals surface area contributed by atoms with Crippen LogP contribution in [0.5, 0.6) is 0 Å². The fraction of sp³-hybridized carbons (Fsp3) is 1.00. The van der Waals surface area contributed by atoms with Gasteiger partial charge in [-0.15, -0.1) is 0 Å². The van der Waals surface area contributed by atoms with Gasteiger partial charge in [-0.2, -0.15) is 13.2 Å². The lowest BCUT2D eigenvalue weighted by molar-refractivity contribution is -0.136. The highest BCUT2D eigenvalue weighted by atomic mass is 19.4. The van der Waals surface area contributed by atoms with Crippen molar-refractivity contribution in [2.24, 2.45) is 5.73 Å². The van der Waals surface area contributed by atoms with Crippen LogP contribution < -0.4 is 5.73 Å². The lowest BCUT2D eigenvalue weighted by Crippen LogP contribution is -2.44. The van der Waals surface area contributed by atoms with Crippen LogP contribution in [0.3, 0.4) is 0 Å². The van der Waals surface area contributed by atoms with Gasteiger partial charge < -0.3 is 10.5 Å². The van der Waals surface area contributed by atoms with Crippen LogP contribution in [-0.4, -0.2) is 24.9 Å². The number of methoxy groups -OCH3 is 1. The highest BCUT2D eigenvalue weighted by Gasteiger charge is 2.29. The van der Waals surface area contributed by atoms with Gasteiger partial charge in [0.1, 0.15) is 0 Å². The van der Waals surface area contributed by atoms with Gasteiger partial charge in [-0.05, 0) is 26.7 Å². The van der Waals surface area contributed by atoms with Crippen molar-refractivity contribution in [3.63, 3.8) is 0 Å². The average molecular weight is 213 g/mol. The zero-order chi connectivity index (χ0) is 11.4. The first-order valence-corrected chi connectivity index (χ1v) is 4.56. The molecule has 5 heteroatoms. The lowest BCUT2D eigenvalue weighted by atomic mass is 9.94. The number of hydrogen-bond acceptors (Lipinski definition) is 2. The molecule has 0 aromatic rings. The summed E-state index contributed by atoms with van der Waals surface area (Å²) in [5.41, 5.74) is 5.14. The number of rotatable bonds is 5. The molecular weight excluding hydrogens is 195 g/mol. The first-order valence-electron chi connectivity index (χ1n) is 4.56. The molecular formula is C9H18F3NO. The highest BCUT2D eigenvalue weighted by molar-refractivity contribution is 4.82. The van der Waals surface area contributed by atoms with E-state index in [1.807, 2.05) is 0 Å². The number of halogens is 3. The molecule has 14 heavy (non-hydrogen) atoms. The predicted octanol–water partition coefficient (Wildman–Crippen LogP) is 2.47. The van der Waals surface area contributed by atoms with Crippen LogP contribution in [0.2, 0.25) is 0 Å². The molecule has 0 aliphatic rings. The van der Waals surface area contributed by atoms with Gasteiger partial charge in [0.25, 0.3) is 0 Å². The fourth-order valence-corrected chi connectivity index (χ4v) is 1.02. The Bertz CT molecular complexity index is 168. The third kappa shape index (κ3) is 5.44. The maximum absolute atomic E-state index is 11.8. The monoisotopic (exact) mass is 213 g/mol. The van der Waals surface area contributed by atoms with Crippen molar-refractivity contribution in [1.82, 2.24) is 0 Å². The minimum Gasteiger partial charge on any atom is -0.377 e. The van der Waals surface area contributed by atoms with Gasteiger partial charge in [0.2, 0.25) is 0 Å². The Kier molecular flexibility index (Phi) is 4.88. The standard InChI is InChI=1S/C9H18F3NO/c1-8(2,14-3)7(13)5-4-6-9(10,11)12/h7H,4-6,13H2,1-3H3. The largest absolute Gasteiger partial charge is 0.389 e. The number of alkyl halides is 3. The summed E-state index contributed by atoms with van der Waals surface area (Å²) in [6.45, 7) is 3.54. The van der Waals surface area contributed by atoms with Crippen LogP contribution in [0.25, 0.3) is 0 Å². The van der Waals surface area contributed by atoms with E-state index in [1.54, 1.807) is 13.8 Å². The predicted molar refractivity (Wildman–Crippen MR) is 49.0 cm³/mol. The molecule has 0 saturated heterocycles. The van der Waals surface area contributed by atoms with E-state index in [2.05, 4.69) is 0 Å². The topological polar surface area (TPSA) is 35.2 Å². The van der Waals surface area contributed by atoms with E-state index in [4.69, 9.17) is 10.5 Å². The summed E-state index contributed by atoms with van der Waals surface area (Å²) in [5.74, 6) is 0. The van der Waals surface area contributed by atoms with Crippen molar-refractivity contribution >= 4 is 0 Å². The maximum atomic E-state index is 11.8. The molecule has 0 heterocycles. The molecule has 0 aromatic carbocycles.